The lowest BCUT2D eigenvalue weighted by Gasteiger charge is -2.10. The van der Waals surface area contributed by atoms with E-state index < -0.39 is 11.7 Å². The molecule has 4 nitrogen and oxygen atoms in total. The summed E-state index contributed by atoms with van der Waals surface area (Å²) in [7, 11) is 0. The maximum Gasteiger partial charge on any atom is 0.296 e. The van der Waals surface area contributed by atoms with E-state index in [0.29, 0.717) is 5.56 Å². The Bertz CT molecular complexity index is 508. The maximum atomic E-state index is 11.5. The fraction of sp³-hybridized carbons (Fsp3) is 0.333. The number of carbonyl (C=O) groups excluding carboxylic acids is 2. The number of benzene rings is 1. The van der Waals surface area contributed by atoms with Crippen molar-refractivity contribution in [1.82, 2.24) is 4.90 Å². The number of rotatable bonds is 1. The van der Waals surface area contributed by atoms with Crippen molar-refractivity contribution >= 4 is 17.4 Å². The molecule has 3 rings (SSSR count). The summed E-state index contributed by atoms with van der Waals surface area (Å²) in [6.07, 6.45) is 0. The molecule has 16 heavy (non-hydrogen) atoms. The highest BCUT2D eigenvalue weighted by Crippen LogP contribution is 2.35. The largest absolute Gasteiger partial charge is 0.318 e. The number of fused-ring (bicyclic) bond motifs is 3. The SMILES string of the molecule is CCN1Cc2ccc3c(c2C1)NC(=O)C3=O. The van der Waals surface area contributed by atoms with Crippen molar-refractivity contribution in [2.75, 3.05) is 11.9 Å². The number of hydrogen-bond donors (Lipinski definition) is 1. The van der Waals surface area contributed by atoms with Crippen molar-refractivity contribution in [2.24, 2.45) is 0 Å². The van der Waals surface area contributed by atoms with Crippen LogP contribution < -0.4 is 5.32 Å². The molecule has 4 heteroatoms. The van der Waals surface area contributed by atoms with E-state index in [-0.39, 0.29) is 0 Å². The van der Waals surface area contributed by atoms with Crippen LogP contribution in [0.5, 0.6) is 0 Å². The average molecular weight is 216 g/mol. The normalized spacial score (nSPS) is 18.6. The monoisotopic (exact) mass is 216 g/mol. The van der Waals surface area contributed by atoms with Crippen LogP contribution >= 0.6 is 0 Å². The van der Waals surface area contributed by atoms with E-state index in [2.05, 4.69) is 17.1 Å². The molecule has 0 fully saturated rings. The molecule has 2 aliphatic heterocycles. The standard InChI is InChI=1S/C12H12N2O2/c1-2-14-5-7-3-4-8-10(9(7)6-14)13-12(16)11(8)15/h3-4H,2,5-6H2,1H3,(H,13,15,16). The van der Waals surface area contributed by atoms with Crippen molar-refractivity contribution in [3.05, 3.63) is 28.8 Å². The first-order valence-electron chi connectivity index (χ1n) is 5.43. The summed E-state index contributed by atoms with van der Waals surface area (Å²) in [6.45, 7) is 4.81. The molecule has 1 amide bonds. The molecular formula is C12H12N2O2. The Morgan fingerprint density at radius 2 is 2.12 bits per heavy atom. The summed E-state index contributed by atoms with van der Waals surface area (Å²) >= 11 is 0. The Hall–Kier alpha value is -1.68. The maximum absolute atomic E-state index is 11.5. The molecule has 0 radical (unpaired) electrons. The van der Waals surface area contributed by atoms with Crippen molar-refractivity contribution in [2.45, 2.75) is 20.0 Å². The van der Waals surface area contributed by atoms with Crippen molar-refractivity contribution in [3.63, 3.8) is 0 Å². The minimum atomic E-state index is -0.502. The van der Waals surface area contributed by atoms with Gasteiger partial charge in [-0.05, 0) is 23.7 Å². The van der Waals surface area contributed by atoms with Crippen LogP contribution in [0.25, 0.3) is 0 Å². The number of ketones is 1. The molecule has 0 spiro atoms. The van der Waals surface area contributed by atoms with Gasteiger partial charge >= 0.3 is 0 Å². The molecule has 1 aromatic carbocycles. The zero-order chi connectivity index (χ0) is 11.3. The summed E-state index contributed by atoms with van der Waals surface area (Å²) in [6, 6.07) is 3.72. The minimum Gasteiger partial charge on any atom is -0.318 e. The van der Waals surface area contributed by atoms with E-state index >= 15 is 0 Å². The molecule has 82 valence electrons. The van der Waals surface area contributed by atoms with Crippen LogP contribution in [-0.2, 0) is 17.9 Å². The molecule has 0 aliphatic carbocycles. The number of anilines is 1. The minimum absolute atomic E-state index is 0.409. The van der Waals surface area contributed by atoms with Crippen molar-refractivity contribution < 1.29 is 9.59 Å². The van der Waals surface area contributed by atoms with E-state index in [1.54, 1.807) is 6.07 Å². The molecule has 0 bridgehead atoms. The van der Waals surface area contributed by atoms with E-state index in [9.17, 15) is 9.59 Å². The Kier molecular flexibility index (Phi) is 1.88. The Morgan fingerprint density at radius 1 is 1.31 bits per heavy atom. The van der Waals surface area contributed by atoms with Gasteiger partial charge < -0.3 is 5.32 Å². The molecule has 0 saturated carbocycles. The lowest BCUT2D eigenvalue weighted by molar-refractivity contribution is -0.112. The third kappa shape index (κ3) is 1.13. The van der Waals surface area contributed by atoms with Crippen LogP contribution in [0.15, 0.2) is 12.1 Å². The third-order valence-corrected chi connectivity index (χ3v) is 3.32. The van der Waals surface area contributed by atoms with E-state index in [4.69, 9.17) is 0 Å². The van der Waals surface area contributed by atoms with Gasteiger partial charge in [-0.15, -0.1) is 0 Å². The van der Waals surface area contributed by atoms with Gasteiger partial charge in [0.25, 0.3) is 11.7 Å². The molecule has 0 unspecified atom stereocenters. The van der Waals surface area contributed by atoms with Gasteiger partial charge in [0.05, 0.1) is 11.3 Å². The molecule has 0 saturated heterocycles. The van der Waals surface area contributed by atoms with Gasteiger partial charge in [-0.2, -0.15) is 0 Å². The number of amides is 1. The van der Waals surface area contributed by atoms with Gasteiger partial charge in [0, 0.05) is 13.1 Å². The van der Waals surface area contributed by atoms with Crippen LogP contribution in [0.4, 0.5) is 5.69 Å². The van der Waals surface area contributed by atoms with E-state index in [1.165, 1.54) is 5.56 Å². The van der Waals surface area contributed by atoms with Gasteiger partial charge in [0.15, 0.2) is 0 Å². The topological polar surface area (TPSA) is 49.4 Å². The third-order valence-electron chi connectivity index (χ3n) is 3.32. The van der Waals surface area contributed by atoms with E-state index in [0.717, 1.165) is 30.9 Å². The smallest absolute Gasteiger partial charge is 0.296 e. The van der Waals surface area contributed by atoms with Crippen LogP contribution in [0, 0.1) is 0 Å². The quantitative estimate of drug-likeness (QED) is 0.716. The van der Waals surface area contributed by atoms with Gasteiger partial charge in [-0.25, -0.2) is 0 Å². The predicted molar refractivity (Wildman–Crippen MR) is 59.2 cm³/mol. The number of Topliss-reactive ketones (excluding diaryl/α,β-unsaturated/α-hetero) is 1. The zero-order valence-corrected chi connectivity index (χ0v) is 9.04. The number of nitrogens with one attached hydrogen (secondary N) is 1. The van der Waals surface area contributed by atoms with Crippen LogP contribution in [-0.4, -0.2) is 23.1 Å². The first-order chi connectivity index (χ1) is 7.70. The highest BCUT2D eigenvalue weighted by atomic mass is 16.2. The number of carbonyl (C=O) groups is 2. The molecule has 2 aliphatic rings. The summed E-state index contributed by atoms with van der Waals surface area (Å²) in [5.41, 5.74) is 3.60. The average Bonchev–Trinajstić information content (AvgIpc) is 2.82. The highest BCUT2D eigenvalue weighted by Gasteiger charge is 2.33. The first-order valence-corrected chi connectivity index (χ1v) is 5.43. The molecule has 1 aromatic rings. The van der Waals surface area contributed by atoms with Crippen LogP contribution in [0.2, 0.25) is 0 Å². The Labute approximate surface area is 93.2 Å². The summed E-state index contributed by atoms with van der Waals surface area (Å²) in [4.78, 5) is 25.1. The fourth-order valence-electron chi connectivity index (χ4n) is 2.39. The van der Waals surface area contributed by atoms with Crippen molar-refractivity contribution in [1.29, 1.82) is 0 Å². The molecule has 2 heterocycles. The van der Waals surface area contributed by atoms with Crippen molar-refractivity contribution in [3.8, 4) is 0 Å². The van der Waals surface area contributed by atoms with Gasteiger partial charge in [-0.3, -0.25) is 14.5 Å². The second-order valence-corrected chi connectivity index (χ2v) is 4.21. The lowest BCUT2D eigenvalue weighted by atomic mass is 10.0. The first kappa shape index (κ1) is 9.54. The molecule has 1 N–H and O–H groups in total. The zero-order valence-electron chi connectivity index (χ0n) is 9.04. The predicted octanol–water partition coefficient (Wildman–Crippen LogP) is 1.16. The Balaban J connectivity index is 2.11. The molecular weight excluding hydrogens is 204 g/mol. The van der Waals surface area contributed by atoms with Gasteiger partial charge in [0.2, 0.25) is 0 Å². The van der Waals surface area contributed by atoms with Crippen LogP contribution in [0.3, 0.4) is 0 Å². The Morgan fingerprint density at radius 3 is 2.88 bits per heavy atom. The summed E-state index contributed by atoms with van der Waals surface area (Å²) < 4.78 is 0. The number of nitrogens with zero attached hydrogens (tertiary/aromatic N) is 1. The fourth-order valence-corrected chi connectivity index (χ4v) is 2.39. The van der Waals surface area contributed by atoms with E-state index in [1.807, 2.05) is 6.07 Å². The molecule has 0 aromatic heterocycles. The second-order valence-electron chi connectivity index (χ2n) is 4.21. The number of hydrogen-bond acceptors (Lipinski definition) is 3. The van der Waals surface area contributed by atoms with Crippen LogP contribution in [0.1, 0.15) is 28.4 Å². The van der Waals surface area contributed by atoms with Gasteiger partial charge in [-0.1, -0.05) is 13.0 Å². The second kappa shape index (κ2) is 3.15. The lowest BCUT2D eigenvalue weighted by Crippen LogP contribution is -2.15. The highest BCUT2D eigenvalue weighted by molar-refractivity contribution is 6.51. The van der Waals surface area contributed by atoms with Gasteiger partial charge in [0.1, 0.15) is 0 Å². The summed E-state index contributed by atoms with van der Waals surface area (Å²) in [5, 5.41) is 2.68. The molecule has 0 atom stereocenters. The summed E-state index contributed by atoms with van der Waals surface area (Å²) in [5.74, 6) is -0.911.